The molecule has 0 saturated heterocycles. The van der Waals surface area contributed by atoms with Crippen molar-refractivity contribution in [1.82, 2.24) is 0 Å². The topological polar surface area (TPSA) is 43.4 Å². The summed E-state index contributed by atoms with van der Waals surface area (Å²) < 4.78 is 21.1. The lowest BCUT2D eigenvalue weighted by atomic mass is 10.2. The molecule has 0 fully saturated rings. The molecule has 0 N–H and O–H groups in total. The maximum absolute atomic E-state index is 10.6. The van der Waals surface area contributed by atoms with Crippen LogP contribution in [0.25, 0.3) is 0 Å². The van der Waals surface area contributed by atoms with Gasteiger partial charge in [0.15, 0.2) is 0 Å². The number of benzene rings is 1. The summed E-state index contributed by atoms with van der Waals surface area (Å²) in [7, 11) is 0. The molecular formula is C10H10NO2S2-. The Balaban J connectivity index is 2.18. The van der Waals surface area contributed by atoms with E-state index in [4.69, 9.17) is 0 Å². The predicted molar refractivity (Wildman–Crippen MR) is 63.1 cm³/mol. The Morgan fingerprint density at radius 1 is 1.53 bits per heavy atom. The molecule has 1 aliphatic heterocycles. The SMILES string of the molecule is O=S([O-])Cc1cccc(N2C=CSC2)c1. The van der Waals surface area contributed by atoms with Gasteiger partial charge in [-0.05, 0) is 23.1 Å². The molecule has 1 aliphatic rings. The molecule has 0 radical (unpaired) electrons. The van der Waals surface area contributed by atoms with Gasteiger partial charge in [0, 0.05) is 17.6 Å². The average Bonchev–Trinajstić information content (AvgIpc) is 2.69. The van der Waals surface area contributed by atoms with Gasteiger partial charge >= 0.3 is 0 Å². The fraction of sp³-hybridized carbons (Fsp3) is 0.200. The van der Waals surface area contributed by atoms with E-state index in [1.54, 1.807) is 11.8 Å². The zero-order valence-corrected chi connectivity index (χ0v) is 9.59. The van der Waals surface area contributed by atoms with E-state index in [1.807, 2.05) is 35.9 Å². The van der Waals surface area contributed by atoms with E-state index in [-0.39, 0.29) is 5.75 Å². The van der Waals surface area contributed by atoms with Crippen LogP contribution >= 0.6 is 11.8 Å². The molecule has 1 heterocycles. The summed E-state index contributed by atoms with van der Waals surface area (Å²) in [5, 5.41) is 2.03. The fourth-order valence-corrected chi connectivity index (χ4v) is 2.57. The van der Waals surface area contributed by atoms with E-state index in [0.717, 1.165) is 17.1 Å². The Hall–Kier alpha value is -0.780. The predicted octanol–water partition coefficient (Wildman–Crippen LogP) is 2.05. The van der Waals surface area contributed by atoms with Crippen LogP contribution < -0.4 is 4.90 Å². The Morgan fingerprint density at radius 2 is 2.40 bits per heavy atom. The van der Waals surface area contributed by atoms with Gasteiger partial charge in [-0.25, -0.2) is 0 Å². The number of rotatable bonds is 3. The van der Waals surface area contributed by atoms with E-state index < -0.39 is 11.1 Å². The molecule has 1 aromatic rings. The van der Waals surface area contributed by atoms with E-state index in [9.17, 15) is 8.76 Å². The van der Waals surface area contributed by atoms with Crippen molar-refractivity contribution in [3.05, 3.63) is 41.4 Å². The van der Waals surface area contributed by atoms with Crippen molar-refractivity contribution in [1.29, 1.82) is 0 Å². The number of hydrogen-bond acceptors (Lipinski definition) is 4. The molecule has 15 heavy (non-hydrogen) atoms. The van der Waals surface area contributed by atoms with Gasteiger partial charge in [-0.3, -0.25) is 4.21 Å². The Kier molecular flexibility index (Phi) is 3.45. The van der Waals surface area contributed by atoms with Gasteiger partial charge in [-0.1, -0.05) is 23.2 Å². The molecule has 0 bridgehead atoms. The quantitative estimate of drug-likeness (QED) is 0.758. The Labute approximate surface area is 95.5 Å². The van der Waals surface area contributed by atoms with Gasteiger partial charge in [0.05, 0.1) is 5.88 Å². The molecule has 3 nitrogen and oxygen atoms in total. The minimum Gasteiger partial charge on any atom is -0.772 e. The number of hydrogen-bond donors (Lipinski definition) is 0. The normalized spacial score (nSPS) is 17.0. The lowest BCUT2D eigenvalue weighted by Crippen LogP contribution is -2.10. The summed E-state index contributed by atoms with van der Waals surface area (Å²) in [6, 6.07) is 7.60. The van der Waals surface area contributed by atoms with Crippen molar-refractivity contribution in [3.63, 3.8) is 0 Å². The second kappa shape index (κ2) is 4.83. The largest absolute Gasteiger partial charge is 0.772 e. The summed E-state index contributed by atoms with van der Waals surface area (Å²) in [5.41, 5.74) is 1.87. The molecule has 5 heteroatoms. The van der Waals surface area contributed by atoms with Crippen LogP contribution in [0.3, 0.4) is 0 Å². The van der Waals surface area contributed by atoms with E-state index >= 15 is 0 Å². The van der Waals surface area contributed by atoms with Gasteiger partial charge in [0.25, 0.3) is 0 Å². The number of thioether (sulfide) groups is 1. The van der Waals surface area contributed by atoms with Gasteiger partial charge in [0.1, 0.15) is 0 Å². The highest BCUT2D eigenvalue weighted by Gasteiger charge is 2.07. The number of nitrogens with zero attached hydrogens (tertiary/aromatic N) is 1. The van der Waals surface area contributed by atoms with Gasteiger partial charge in [-0.15, -0.1) is 11.8 Å². The fourth-order valence-electron chi connectivity index (χ4n) is 1.40. The molecule has 1 atom stereocenters. The van der Waals surface area contributed by atoms with Crippen LogP contribution in [0.5, 0.6) is 0 Å². The minimum atomic E-state index is -2.02. The molecule has 1 aromatic carbocycles. The zero-order chi connectivity index (χ0) is 10.7. The third kappa shape index (κ3) is 2.84. The molecule has 0 spiro atoms. The third-order valence-corrected chi connectivity index (χ3v) is 3.39. The summed E-state index contributed by atoms with van der Waals surface area (Å²) in [6.45, 7) is 0. The van der Waals surface area contributed by atoms with E-state index in [0.29, 0.717) is 0 Å². The van der Waals surface area contributed by atoms with Crippen molar-refractivity contribution < 1.29 is 8.76 Å². The lowest BCUT2D eigenvalue weighted by Gasteiger charge is -2.16. The first kappa shape index (κ1) is 10.7. The minimum absolute atomic E-state index is 0.0819. The Bertz CT molecular complexity index is 406. The van der Waals surface area contributed by atoms with Gasteiger partial charge in [-0.2, -0.15) is 0 Å². The Morgan fingerprint density at radius 3 is 3.07 bits per heavy atom. The highest BCUT2D eigenvalue weighted by molar-refractivity contribution is 8.02. The standard InChI is InChI=1S/C10H11NO2S2/c12-15(13)7-9-2-1-3-10(6-9)11-4-5-14-8-11/h1-6H,7-8H2,(H,12,13)/p-1. The smallest absolute Gasteiger partial charge is 0.0723 e. The van der Waals surface area contributed by atoms with Crippen LogP contribution in [0.15, 0.2) is 35.9 Å². The summed E-state index contributed by atoms with van der Waals surface area (Å²) >= 11 is -0.298. The highest BCUT2D eigenvalue weighted by Crippen LogP contribution is 2.24. The van der Waals surface area contributed by atoms with Crippen LogP contribution in [0, 0.1) is 0 Å². The molecule has 80 valence electrons. The molecule has 0 amide bonds. The van der Waals surface area contributed by atoms with Crippen molar-refractivity contribution >= 4 is 28.5 Å². The van der Waals surface area contributed by atoms with Crippen LogP contribution in [0.4, 0.5) is 5.69 Å². The van der Waals surface area contributed by atoms with Crippen molar-refractivity contribution in [2.24, 2.45) is 0 Å². The van der Waals surface area contributed by atoms with Crippen LogP contribution in [-0.4, -0.2) is 14.6 Å². The van der Waals surface area contributed by atoms with Crippen LogP contribution in [0.2, 0.25) is 0 Å². The van der Waals surface area contributed by atoms with Gasteiger partial charge in [0.2, 0.25) is 0 Å². The van der Waals surface area contributed by atoms with E-state index in [2.05, 4.69) is 4.90 Å². The summed E-state index contributed by atoms with van der Waals surface area (Å²) in [5.74, 6) is 0.975. The molecule has 0 saturated carbocycles. The van der Waals surface area contributed by atoms with Crippen LogP contribution in [-0.2, 0) is 16.8 Å². The van der Waals surface area contributed by atoms with E-state index in [1.165, 1.54) is 0 Å². The maximum atomic E-state index is 10.6. The molecular weight excluding hydrogens is 230 g/mol. The summed E-state index contributed by atoms with van der Waals surface area (Å²) in [6.07, 6.45) is 2.00. The lowest BCUT2D eigenvalue weighted by molar-refractivity contribution is 0.536. The molecule has 2 rings (SSSR count). The van der Waals surface area contributed by atoms with Crippen molar-refractivity contribution in [2.75, 3.05) is 10.8 Å². The zero-order valence-electron chi connectivity index (χ0n) is 7.96. The second-order valence-corrected chi connectivity index (χ2v) is 4.93. The van der Waals surface area contributed by atoms with Crippen molar-refractivity contribution in [2.45, 2.75) is 5.75 Å². The molecule has 0 aliphatic carbocycles. The first-order valence-corrected chi connectivity index (χ1v) is 6.75. The first-order valence-electron chi connectivity index (χ1n) is 4.45. The molecule has 1 unspecified atom stereocenters. The summed E-state index contributed by atoms with van der Waals surface area (Å²) in [4.78, 5) is 2.09. The molecule has 0 aromatic heterocycles. The first-order chi connectivity index (χ1) is 7.25. The average molecular weight is 240 g/mol. The maximum Gasteiger partial charge on any atom is 0.0723 e. The van der Waals surface area contributed by atoms with Crippen LogP contribution in [0.1, 0.15) is 5.56 Å². The third-order valence-electron chi connectivity index (χ3n) is 2.08. The monoisotopic (exact) mass is 240 g/mol. The van der Waals surface area contributed by atoms with Gasteiger partial charge < -0.3 is 9.45 Å². The second-order valence-electron chi connectivity index (χ2n) is 3.17. The van der Waals surface area contributed by atoms with Crippen molar-refractivity contribution in [3.8, 4) is 0 Å². The highest BCUT2D eigenvalue weighted by atomic mass is 32.2. The number of anilines is 1.